The molecule has 4 heteroatoms. The molecule has 4 aliphatic rings. The fourth-order valence-corrected chi connectivity index (χ4v) is 5.59. The van der Waals surface area contributed by atoms with E-state index in [0.717, 1.165) is 38.5 Å². The number of hydrogen-bond donors (Lipinski definition) is 0. The summed E-state index contributed by atoms with van der Waals surface area (Å²) in [5.41, 5.74) is 0. The van der Waals surface area contributed by atoms with Crippen LogP contribution in [0.15, 0.2) is 0 Å². The highest BCUT2D eigenvalue weighted by atomic mass is 16.5. The quantitative estimate of drug-likeness (QED) is 0.801. The maximum atomic E-state index is 13.0. The molecule has 0 N–H and O–H groups in total. The summed E-state index contributed by atoms with van der Waals surface area (Å²) in [7, 11) is 0. The maximum Gasteiger partial charge on any atom is 0.237 e. The number of rotatable bonds is 3. The molecule has 0 aromatic heterocycles. The number of nitrogens with zero attached hydrogens (tertiary/aromatic N) is 2. The lowest BCUT2D eigenvalue weighted by Gasteiger charge is -2.44. The van der Waals surface area contributed by atoms with E-state index in [-0.39, 0.29) is 0 Å². The van der Waals surface area contributed by atoms with E-state index in [1.54, 1.807) is 0 Å². The Morgan fingerprint density at radius 3 is 2.48 bits per heavy atom. The molecule has 1 amide bonds. The number of likely N-dealkylation sites (tertiary alicyclic amines) is 1. The molecule has 2 heterocycles. The molecule has 130 valence electrons. The zero-order valence-electron chi connectivity index (χ0n) is 14.4. The van der Waals surface area contributed by atoms with Gasteiger partial charge in [0.25, 0.3) is 0 Å². The van der Waals surface area contributed by atoms with Crippen LogP contribution in [0.4, 0.5) is 0 Å². The van der Waals surface area contributed by atoms with E-state index in [1.807, 2.05) is 0 Å². The summed E-state index contributed by atoms with van der Waals surface area (Å²) in [5, 5.41) is 0. The smallest absolute Gasteiger partial charge is 0.237 e. The van der Waals surface area contributed by atoms with Gasteiger partial charge in [-0.1, -0.05) is 25.7 Å². The van der Waals surface area contributed by atoms with Gasteiger partial charge in [0, 0.05) is 12.6 Å². The van der Waals surface area contributed by atoms with Gasteiger partial charge in [0.15, 0.2) is 0 Å². The number of ether oxygens (including phenoxy) is 1. The van der Waals surface area contributed by atoms with E-state index in [4.69, 9.17) is 4.74 Å². The van der Waals surface area contributed by atoms with E-state index >= 15 is 0 Å². The van der Waals surface area contributed by atoms with Crippen LogP contribution >= 0.6 is 0 Å². The first kappa shape index (κ1) is 15.9. The second kappa shape index (κ2) is 7.10. The maximum absolute atomic E-state index is 13.0. The normalized spacial score (nSPS) is 36.3. The van der Waals surface area contributed by atoms with Crippen LogP contribution in [0.5, 0.6) is 0 Å². The standard InChI is InChI=1S/C19H32N2O2/c22-19(21-12-13-23-18-10-4-3-8-17(18)21)14-20-11-5-9-16(20)15-6-1-2-7-15/h15-18H,1-14H2/t16-,17+,18-/m1/s1. The minimum Gasteiger partial charge on any atom is -0.374 e. The van der Waals surface area contributed by atoms with Crippen LogP contribution in [0.2, 0.25) is 0 Å². The van der Waals surface area contributed by atoms with Crippen molar-refractivity contribution in [3.63, 3.8) is 0 Å². The first-order chi connectivity index (χ1) is 11.3. The van der Waals surface area contributed by atoms with Gasteiger partial charge in [-0.15, -0.1) is 0 Å². The van der Waals surface area contributed by atoms with Crippen LogP contribution in [-0.4, -0.2) is 60.1 Å². The molecule has 0 spiro atoms. The highest BCUT2D eigenvalue weighted by Crippen LogP contribution is 2.35. The Morgan fingerprint density at radius 2 is 1.61 bits per heavy atom. The van der Waals surface area contributed by atoms with Crippen LogP contribution < -0.4 is 0 Å². The highest BCUT2D eigenvalue weighted by Gasteiger charge is 2.39. The van der Waals surface area contributed by atoms with Crippen molar-refractivity contribution < 1.29 is 9.53 Å². The minimum atomic E-state index is 0.311. The van der Waals surface area contributed by atoms with Crippen LogP contribution in [0.3, 0.4) is 0 Å². The Kier molecular flexibility index (Phi) is 4.91. The first-order valence-electron chi connectivity index (χ1n) is 9.98. The Balaban J connectivity index is 1.38. The molecule has 4 nitrogen and oxygen atoms in total. The Morgan fingerprint density at radius 1 is 0.870 bits per heavy atom. The van der Waals surface area contributed by atoms with Crippen molar-refractivity contribution in [2.24, 2.45) is 5.92 Å². The largest absolute Gasteiger partial charge is 0.374 e. The van der Waals surface area contributed by atoms with Crippen molar-refractivity contribution in [2.75, 3.05) is 26.2 Å². The average Bonchev–Trinajstić information content (AvgIpc) is 3.25. The molecule has 0 aromatic carbocycles. The number of morpholine rings is 1. The van der Waals surface area contributed by atoms with Crippen molar-refractivity contribution in [1.29, 1.82) is 0 Å². The van der Waals surface area contributed by atoms with E-state index in [2.05, 4.69) is 9.80 Å². The predicted octanol–water partition coefficient (Wildman–Crippen LogP) is 2.81. The van der Waals surface area contributed by atoms with Gasteiger partial charge in [-0.25, -0.2) is 0 Å². The van der Waals surface area contributed by atoms with Crippen LogP contribution in [0.25, 0.3) is 0 Å². The lowest BCUT2D eigenvalue weighted by atomic mass is 9.90. The van der Waals surface area contributed by atoms with Gasteiger partial charge >= 0.3 is 0 Å². The molecule has 4 fully saturated rings. The summed E-state index contributed by atoms with van der Waals surface area (Å²) in [5.74, 6) is 1.23. The van der Waals surface area contributed by atoms with Crippen LogP contribution in [-0.2, 0) is 9.53 Å². The first-order valence-corrected chi connectivity index (χ1v) is 9.98. The molecular weight excluding hydrogens is 288 g/mol. The average molecular weight is 320 g/mol. The van der Waals surface area contributed by atoms with Crippen LogP contribution in [0.1, 0.15) is 64.2 Å². The molecule has 2 saturated heterocycles. The van der Waals surface area contributed by atoms with Gasteiger partial charge in [0.1, 0.15) is 0 Å². The second-order valence-corrected chi connectivity index (χ2v) is 8.07. The second-order valence-electron chi connectivity index (χ2n) is 8.07. The number of carbonyl (C=O) groups is 1. The Hall–Kier alpha value is -0.610. The summed E-state index contributed by atoms with van der Waals surface area (Å²) < 4.78 is 5.93. The summed E-state index contributed by atoms with van der Waals surface area (Å²) >= 11 is 0. The third-order valence-electron chi connectivity index (χ3n) is 6.75. The van der Waals surface area contributed by atoms with Crippen molar-refractivity contribution in [3.8, 4) is 0 Å². The zero-order chi connectivity index (χ0) is 15.6. The molecule has 2 aliphatic carbocycles. The highest BCUT2D eigenvalue weighted by molar-refractivity contribution is 5.79. The zero-order valence-corrected chi connectivity index (χ0v) is 14.4. The SMILES string of the molecule is O=C(CN1CCC[C@@H]1C1CCCC1)N1CCO[C@@H]2CCCC[C@@H]21. The number of hydrogen-bond acceptors (Lipinski definition) is 3. The van der Waals surface area contributed by atoms with E-state index in [0.29, 0.717) is 30.6 Å². The van der Waals surface area contributed by atoms with Crippen molar-refractivity contribution >= 4 is 5.91 Å². The molecule has 0 bridgehead atoms. The number of carbonyl (C=O) groups excluding carboxylic acids is 1. The van der Waals surface area contributed by atoms with E-state index in [9.17, 15) is 4.79 Å². The number of fused-ring (bicyclic) bond motifs is 1. The Bertz CT molecular complexity index is 420. The summed E-state index contributed by atoms with van der Waals surface area (Å²) in [6.07, 6.45) is 13.3. The van der Waals surface area contributed by atoms with E-state index in [1.165, 1.54) is 51.4 Å². The fraction of sp³-hybridized carbons (Fsp3) is 0.947. The third kappa shape index (κ3) is 3.30. The molecule has 3 atom stereocenters. The molecule has 0 radical (unpaired) electrons. The van der Waals surface area contributed by atoms with Crippen molar-refractivity contribution in [2.45, 2.75) is 82.4 Å². The van der Waals surface area contributed by atoms with Gasteiger partial charge in [0.05, 0.1) is 25.3 Å². The lowest BCUT2D eigenvalue weighted by Crippen LogP contribution is -2.57. The fourth-order valence-electron chi connectivity index (χ4n) is 5.59. The molecule has 2 aliphatic heterocycles. The topological polar surface area (TPSA) is 32.8 Å². The Labute approximate surface area is 140 Å². The van der Waals surface area contributed by atoms with Gasteiger partial charge in [-0.2, -0.15) is 0 Å². The summed E-state index contributed by atoms with van der Waals surface area (Å²) in [4.78, 5) is 17.7. The predicted molar refractivity (Wildman–Crippen MR) is 90.3 cm³/mol. The van der Waals surface area contributed by atoms with Crippen molar-refractivity contribution in [3.05, 3.63) is 0 Å². The van der Waals surface area contributed by atoms with Gasteiger partial charge in [0.2, 0.25) is 5.91 Å². The van der Waals surface area contributed by atoms with Crippen LogP contribution in [0, 0.1) is 5.92 Å². The lowest BCUT2D eigenvalue weighted by molar-refractivity contribution is -0.151. The van der Waals surface area contributed by atoms with E-state index < -0.39 is 0 Å². The number of amides is 1. The van der Waals surface area contributed by atoms with Gasteiger partial charge < -0.3 is 9.64 Å². The minimum absolute atomic E-state index is 0.311. The van der Waals surface area contributed by atoms with Gasteiger partial charge in [-0.3, -0.25) is 9.69 Å². The molecule has 2 saturated carbocycles. The summed E-state index contributed by atoms with van der Waals surface area (Å²) in [6.45, 7) is 3.33. The molecular formula is C19H32N2O2. The third-order valence-corrected chi connectivity index (χ3v) is 6.75. The molecule has 0 aromatic rings. The summed E-state index contributed by atoms with van der Waals surface area (Å²) in [6, 6.07) is 1.04. The molecule has 23 heavy (non-hydrogen) atoms. The monoisotopic (exact) mass is 320 g/mol. The van der Waals surface area contributed by atoms with Gasteiger partial charge in [-0.05, 0) is 51.0 Å². The molecule has 4 rings (SSSR count). The molecule has 0 unspecified atom stereocenters. The van der Waals surface area contributed by atoms with Crippen molar-refractivity contribution in [1.82, 2.24) is 9.80 Å².